The fourth-order valence-electron chi connectivity index (χ4n) is 2.96. The highest BCUT2D eigenvalue weighted by Crippen LogP contribution is 2.35. The van der Waals surface area contributed by atoms with Crippen LogP contribution in [0.15, 0.2) is 0 Å². The molecule has 102 valence electrons. The molecule has 1 aliphatic rings. The van der Waals surface area contributed by atoms with Gasteiger partial charge in [0, 0.05) is 21.3 Å². The van der Waals surface area contributed by atoms with Crippen LogP contribution in [-0.4, -0.2) is 21.3 Å². The van der Waals surface area contributed by atoms with Crippen molar-refractivity contribution in [3.05, 3.63) is 0 Å². The van der Waals surface area contributed by atoms with Gasteiger partial charge in [-0.1, -0.05) is 40.0 Å². The van der Waals surface area contributed by atoms with Crippen LogP contribution in [0.4, 0.5) is 0 Å². The maximum absolute atomic E-state index is 12.5. The molecule has 1 fully saturated rings. The van der Waals surface area contributed by atoms with Crippen LogP contribution in [0, 0.1) is 11.8 Å². The van der Waals surface area contributed by atoms with Gasteiger partial charge in [0.15, 0.2) is 0 Å². The average molecular weight is 259 g/mol. The van der Waals surface area contributed by atoms with Crippen molar-refractivity contribution in [1.29, 1.82) is 0 Å². The predicted octanol–water partition coefficient (Wildman–Crippen LogP) is 3.08. The molecule has 0 heterocycles. The summed E-state index contributed by atoms with van der Waals surface area (Å²) in [5.74, 6) is 1.29. The van der Waals surface area contributed by atoms with Crippen molar-refractivity contribution in [1.82, 2.24) is 0 Å². The average Bonchev–Trinajstić information content (AvgIpc) is 2.37. The molecule has 0 radical (unpaired) electrons. The summed E-state index contributed by atoms with van der Waals surface area (Å²) in [4.78, 5) is 0. The van der Waals surface area contributed by atoms with Crippen molar-refractivity contribution >= 4 is 10.8 Å². The lowest BCUT2D eigenvalue weighted by atomic mass is 9.80. The van der Waals surface area contributed by atoms with E-state index < -0.39 is 10.8 Å². The van der Waals surface area contributed by atoms with E-state index in [2.05, 4.69) is 20.8 Å². The molecule has 2 N–H and O–H groups in total. The first-order valence-corrected chi connectivity index (χ1v) is 8.51. The van der Waals surface area contributed by atoms with Crippen LogP contribution in [0.25, 0.3) is 0 Å². The van der Waals surface area contributed by atoms with Crippen molar-refractivity contribution in [2.24, 2.45) is 17.6 Å². The summed E-state index contributed by atoms with van der Waals surface area (Å²) in [6, 6.07) is 0. The van der Waals surface area contributed by atoms with E-state index in [0.29, 0.717) is 23.0 Å². The van der Waals surface area contributed by atoms with Crippen LogP contribution >= 0.6 is 0 Å². The van der Waals surface area contributed by atoms with Gasteiger partial charge in [-0.25, -0.2) is 0 Å². The predicted molar refractivity (Wildman–Crippen MR) is 76.5 cm³/mol. The quantitative estimate of drug-likeness (QED) is 0.796. The van der Waals surface area contributed by atoms with E-state index in [1.807, 2.05) is 0 Å². The largest absolute Gasteiger partial charge is 0.330 e. The highest BCUT2D eigenvalue weighted by Gasteiger charge is 2.34. The van der Waals surface area contributed by atoms with Crippen LogP contribution in [0.3, 0.4) is 0 Å². The molecule has 5 atom stereocenters. The second kappa shape index (κ2) is 7.52. The highest BCUT2D eigenvalue weighted by atomic mass is 32.2. The lowest BCUT2D eigenvalue weighted by Crippen LogP contribution is -2.40. The summed E-state index contributed by atoms with van der Waals surface area (Å²) in [6.07, 6.45) is 7.19. The summed E-state index contributed by atoms with van der Waals surface area (Å²) in [7, 11) is -0.685. The summed E-state index contributed by atoms with van der Waals surface area (Å²) in [5.41, 5.74) is 5.86. The highest BCUT2D eigenvalue weighted by molar-refractivity contribution is 7.86. The minimum Gasteiger partial charge on any atom is -0.330 e. The fraction of sp³-hybridized carbons (Fsp3) is 1.00. The van der Waals surface area contributed by atoms with E-state index in [1.165, 1.54) is 25.7 Å². The number of rotatable bonds is 6. The van der Waals surface area contributed by atoms with Crippen molar-refractivity contribution in [2.45, 2.75) is 69.8 Å². The van der Waals surface area contributed by atoms with Crippen molar-refractivity contribution in [2.75, 3.05) is 6.54 Å². The molecule has 0 aromatic rings. The van der Waals surface area contributed by atoms with E-state index in [1.54, 1.807) is 0 Å². The Balaban J connectivity index is 2.65. The molecular weight excluding hydrogens is 230 g/mol. The summed E-state index contributed by atoms with van der Waals surface area (Å²) in [6.45, 7) is 7.21. The second-order valence-corrected chi connectivity index (χ2v) is 7.62. The van der Waals surface area contributed by atoms with Gasteiger partial charge in [0.05, 0.1) is 0 Å². The third-order valence-corrected chi connectivity index (χ3v) is 6.61. The Kier molecular flexibility index (Phi) is 6.71. The molecule has 0 aliphatic heterocycles. The van der Waals surface area contributed by atoms with Gasteiger partial charge in [0.25, 0.3) is 0 Å². The Morgan fingerprint density at radius 2 is 2.06 bits per heavy atom. The molecule has 0 bridgehead atoms. The van der Waals surface area contributed by atoms with E-state index in [4.69, 9.17) is 5.73 Å². The SMILES string of the molecule is CCCC1CCC(CN)C(S(=O)C(C)CC)C1. The standard InChI is InChI=1S/C14H29NOS/c1-4-6-12-7-8-13(10-15)14(9-12)17(16)11(3)5-2/h11-14H,4-10,15H2,1-3H3. The van der Waals surface area contributed by atoms with Gasteiger partial charge < -0.3 is 5.73 Å². The van der Waals surface area contributed by atoms with E-state index in [-0.39, 0.29) is 0 Å². The maximum Gasteiger partial charge on any atom is 0.0393 e. The zero-order valence-electron chi connectivity index (χ0n) is 11.7. The molecule has 3 heteroatoms. The van der Waals surface area contributed by atoms with Gasteiger partial charge >= 0.3 is 0 Å². The molecule has 0 aromatic heterocycles. The third-order valence-electron chi connectivity index (χ3n) is 4.31. The molecule has 0 saturated heterocycles. The summed E-state index contributed by atoms with van der Waals surface area (Å²) >= 11 is 0. The molecule has 0 spiro atoms. The Morgan fingerprint density at radius 3 is 2.59 bits per heavy atom. The number of hydrogen-bond acceptors (Lipinski definition) is 2. The van der Waals surface area contributed by atoms with Crippen molar-refractivity contribution < 1.29 is 4.21 Å². The monoisotopic (exact) mass is 259 g/mol. The van der Waals surface area contributed by atoms with E-state index in [0.717, 1.165) is 18.8 Å². The Hall–Kier alpha value is 0.110. The first-order chi connectivity index (χ1) is 8.13. The van der Waals surface area contributed by atoms with Gasteiger partial charge in [-0.3, -0.25) is 4.21 Å². The third kappa shape index (κ3) is 4.06. The molecule has 2 nitrogen and oxygen atoms in total. The Morgan fingerprint density at radius 1 is 1.35 bits per heavy atom. The zero-order chi connectivity index (χ0) is 12.8. The topological polar surface area (TPSA) is 43.1 Å². The van der Waals surface area contributed by atoms with Crippen LogP contribution in [0.2, 0.25) is 0 Å². The minimum atomic E-state index is -0.685. The van der Waals surface area contributed by atoms with Crippen molar-refractivity contribution in [3.63, 3.8) is 0 Å². The van der Waals surface area contributed by atoms with Gasteiger partial charge in [0.2, 0.25) is 0 Å². The molecule has 1 rings (SSSR count). The first-order valence-electron chi connectivity index (χ1n) is 7.23. The summed E-state index contributed by atoms with van der Waals surface area (Å²) < 4.78 is 12.5. The van der Waals surface area contributed by atoms with E-state index >= 15 is 0 Å². The van der Waals surface area contributed by atoms with Crippen LogP contribution in [0.5, 0.6) is 0 Å². The first kappa shape index (κ1) is 15.2. The van der Waals surface area contributed by atoms with Crippen LogP contribution in [0.1, 0.15) is 59.3 Å². The molecular formula is C14H29NOS. The van der Waals surface area contributed by atoms with Crippen molar-refractivity contribution in [3.8, 4) is 0 Å². The molecule has 1 saturated carbocycles. The molecule has 1 aliphatic carbocycles. The molecule has 0 aromatic carbocycles. The number of hydrogen-bond donors (Lipinski definition) is 1. The maximum atomic E-state index is 12.5. The van der Waals surface area contributed by atoms with Gasteiger partial charge in [-0.05, 0) is 37.6 Å². The van der Waals surface area contributed by atoms with Gasteiger partial charge in [-0.15, -0.1) is 0 Å². The summed E-state index contributed by atoms with van der Waals surface area (Å²) in [5, 5.41) is 0.690. The zero-order valence-corrected chi connectivity index (χ0v) is 12.5. The van der Waals surface area contributed by atoms with E-state index in [9.17, 15) is 4.21 Å². The Bertz CT molecular complexity index is 244. The normalized spacial score (nSPS) is 33.3. The molecule has 5 unspecified atom stereocenters. The fourth-order valence-corrected chi connectivity index (χ4v) is 4.98. The van der Waals surface area contributed by atoms with Gasteiger partial charge in [-0.2, -0.15) is 0 Å². The lowest BCUT2D eigenvalue weighted by Gasteiger charge is -2.36. The van der Waals surface area contributed by atoms with Crippen LogP contribution < -0.4 is 5.73 Å². The molecule has 0 amide bonds. The minimum absolute atomic E-state index is 0.328. The molecule has 17 heavy (non-hydrogen) atoms. The van der Waals surface area contributed by atoms with Crippen LogP contribution in [-0.2, 0) is 10.8 Å². The lowest BCUT2D eigenvalue weighted by molar-refractivity contribution is 0.272. The second-order valence-electron chi connectivity index (χ2n) is 5.55. The van der Waals surface area contributed by atoms with Gasteiger partial charge in [0.1, 0.15) is 0 Å². The smallest absolute Gasteiger partial charge is 0.0393 e. The Labute approximate surface area is 109 Å². The number of nitrogens with two attached hydrogens (primary N) is 1.